The normalized spacial score (nSPS) is 18.5. The van der Waals surface area contributed by atoms with E-state index in [1.807, 2.05) is 5.32 Å². The number of nitrogens with zero attached hydrogens (tertiary/aromatic N) is 1. The molecule has 1 fully saturated rings. The Balaban J connectivity index is 2.09. The average Bonchev–Trinajstić information content (AvgIpc) is 2.41. The highest BCUT2D eigenvalue weighted by atomic mass is 35.5. The zero-order chi connectivity index (χ0) is 15.6. The number of rotatable bonds is 1. The first kappa shape index (κ1) is 15.7. The number of halogens is 3. The molecular weight excluding hydrogens is 306 g/mol. The minimum Gasteiger partial charge on any atom is -0.391 e. The van der Waals surface area contributed by atoms with Gasteiger partial charge in [0, 0.05) is 18.1 Å². The quantitative estimate of drug-likeness (QED) is 0.772. The van der Waals surface area contributed by atoms with Crippen LogP contribution in [0.25, 0.3) is 0 Å². The molecule has 1 unspecified atom stereocenters. The lowest BCUT2D eigenvalue weighted by molar-refractivity contribution is -0.145. The van der Waals surface area contributed by atoms with Crippen LogP contribution in [-0.4, -0.2) is 41.0 Å². The van der Waals surface area contributed by atoms with Gasteiger partial charge in [0.1, 0.15) is 5.69 Å². The van der Waals surface area contributed by atoms with E-state index >= 15 is 0 Å². The average molecular weight is 319 g/mol. The fraction of sp³-hybridized carbons (Fsp3) is 0.385. The summed E-state index contributed by atoms with van der Waals surface area (Å²) in [4.78, 5) is 24.8. The number of benzene rings is 1. The SMILES string of the molecule is O=C(Nc1c(F)cc(Cl)cc1F)C(=O)N1CCCC(O)C1. The van der Waals surface area contributed by atoms with Crippen LogP contribution < -0.4 is 5.32 Å². The van der Waals surface area contributed by atoms with Crippen LogP contribution in [0.5, 0.6) is 0 Å². The number of aliphatic hydroxyl groups excluding tert-OH is 1. The molecule has 0 bridgehead atoms. The molecule has 0 radical (unpaired) electrons. The van der Waals surface area contributed by atoms with Crippen LogP contribution in [0.15, 0.2) is 12.1 Å². The Bertz CT molecular complexity index is 560. The Kier molecular flexibility index (Phi) is 4.74. The molecule has 21 heavy (non-hydrogen) atoms. The molecule has 1 aromatic carbocycles. The second kappa shape index (κ2) is 6.36. The van der Waals surface area contributed by atoms with Gasteiger partial charge in [-0.3, -0.25) is 9.59 Å². The molecule has 2 N–H and O–H groups in total. The summed E-state index contributed by atoms with van der Waals surface area (Å²) in [6, 6.07) is 1.66. The first-order valence-electron chi connectivity index (χ1n) is 6.31. The summed E-state index contributed by atoms with van der Waals surface area (Å²) in [5.74, 6) is -4.24. The maximum Gasteiger partial charge on any atom is 0.314 e. The summed E-state index contributed by atoms with van der Waals surface area (Å²) in [5, 5.41) is 11.2. The van der Waals surface area contributed by atoms with Crippen molar-refractivity contribution in [2.45, 2.75) is 18.9 Å². The van der Waals surface area contributed by atoms with E-state index in [1.165, 1.54) is 0 Å². The Labute approximate surface area is 124 Å². The molecule has 1 heterocycles. The van der Waals surface area contributed by atoms with E-state index in [1.54, 1.807) is 0 Å². The van der Waals surface area contributed by atoms with E-state index in [-0.39, 0.29) is 11.6 Å². The molecule has 2 amide bonds. The number of likely N-dealkylation sites (tertiary alicyclic amines) is 1. The number of carbonyl (C=O) groups is 2. The fourth-order valence-corrected chi connectivity index (χ4v) is 2.30. The van der Waals surface area contributed by atoms with Crippen molar-refractivity contribution in [1.29, 1.82) is 0 Å². The van der Waals surface area contributed by atoms with E-state index in [2.05, 4.69) is 0 Å². The molecule has 1 aliphatic rings. The van der Waals surface area contributed by atoms with Gasteiger partial charge in [-0.05, 0) is 25.0 Å². The number of piperidine rings is 1. The van der Waals surface area contributed by atoms with Gasteiger partial charge in [-0.1, -0.05) is 11.6 Å². The standard InChI is InChI=1S/C13H13ClF2N2O3/c14-7-4-9(15)11(10(16)5-7)17-12(20)13(21)18-3-1-2-8(19)6-18/h4-5,8,19H,1-3,6H2,(H,17,20). The minimum absolute atomic E-state index is 0.0256. The van der Waals surface area contributed by atoms with Gasteiger partial charge in [-0.2, -0.15) is 0 Å². The third kappa shape index (κ3) is 3.68. The Hall–Kier alpha value is -1.73. The zero-order valence-electron chi connectivity index (χ0n) is 10.9. The van der Waals surface area contributed by atoms with Crippen molar-refractivity contribution in [1.82, 2.24) is 4.90 Å². The molecule has 0 spiro atoms. The van der Waals surface area contributed by atoms with Crippen molar-refractivity contribution in [2.75, 3.05) is 18.4 Å². The molecule has 0 aromatic heterocycles. The molecule has 0 aliphatic carbocycles. The number of anilines is 1. The van der Waals surface area contributed by atoms with E-state index in [9.17, 15) is 23.5 Å². The van der Waals surface area contributed by atoms with E-state index in [0.717, 1.165) is 17.0 Å². The van der Waals surface area contributed by atoms with Gasteiger partial charge in [0.25, 0.3) is 0 Å². The van der Waals surface area contributed by atoms with Crippen molar-refractivity contribution in [3.63, 3.8) is 0 Å². The van der Waals surface area contributed by atoms with Crippen LogP contribution in [0.3, 0.4) is 0 Å². The minimum atomic E-state index is -1.16. The summed E-state index contributed by atoms with van der Waals surface area (Å²) in [7, 11) is 0. The number of hydrogen-bond donors (Lipinski definition) is 2. The molecule has 2 rings (SSSR count). The van der Waals surface area contributed by atoms with Gasteiger partial charge in [0.05, 0.1) is 6.10 Å². The highest BCUT2D eigenvalue weighted by Gasteiger charge is 2.28. The first-order chi connectivity index (χ1) is 9.88. The third-order valence-electron chi connectivity index (χ3n) is 3.12. The maximum absolute atomic E-state index is 13.5. The van der Waals surface area contributed by atoms with E-state index in [0.29, 0.717) is 19.4 Å². The van der Waals surface area contributed by atoms with Crippen molar-refractivity contribution in [3.8, 4) is 0 Å². The van der Waals surface area contributed by atoms with Crippen LogP contribution in [0.2, 0.25) is 5.02 Å². The largest absolute Gasteiger partial charge is 0.391 e. The molecule has 1 aromatic rings. The predicted molar refractivity (Wildman–Crippen MR) is 71.8 cm³/mol. The number of β-amino-alcohol motifs (C(OH)–C–C–N with tert-alkyl or cyclic N) is 1. The summed E-state index contributed by atoms with van der Waals surface area (Å²) >= 11 is 5.46. The van der Waals surface area contributed by atoms with Crippen molar-refractivity contribution in [2.24, 2.45) is 0 Å². The third-order valence-corrected chi connectivity index (χ3v) is 3.34. The first-order valence-corrected chi connectivity index (χ1v) is 6.69. The topological polar surface area (TPSA) is 69.6 Å². The second-order valence-corrected chi connectivity index (χ2v) is 5.18. The van der Waals surface area contributed by atoms with Crippen molar-refractivity contribution < 1.29 is 23.5 Å². The van der Waals surface area contributed by atoms with Gasteiger partial charge in [0.15, 0.2) is 11.6 Å². The van der Waals surface area contributed by atoms with Crippen LogP contribution in [0.4, 0.5) is 14.5 Å². The van der Waals surface area contributed by atoms with Crippen molar-refractivity contribution in [3.05, 3.63) is 28.8 Å². The lowest BCUT2D eigenvalue weighted by atomic mass is 10.1. The number of carbonyl (C=O) groups excluding carboxylic acids is 2. The molecule has 8 heteroatoms. The summed E-state index contributed by atoms with van der Waals surface area (Å²) < 4.78 is 27.1. The molecule has 1 saturated heterocycles. The van der Waals surface area contributed by atoms with E-state index in [4.69, 9.17) is 11.6 Å². The molecule has 1 aliphatic heterocycles. The van der Waals surface area contributed by atoms with Crippen molar-refractivity contribution >= 4 is 29.1 Å². The Morgan fingerprint density at radius 1 is 1.33 bits per heavy atom. The molecular formula is C13H13ClF2N2O3. The second-order valence-electron chi connectivity index (χ2n) is 4.75. The fourth-order valence-electron chi connectivity index (χ4n) is 2.11. The molecule has 114 valence electrons. The monoisotopic (exact) mass is 318 g/mol. The summed E-state index contributed by atoms with van der Waals surface area (Å²) in [6.07, 6.45) is 0.412. The van der Waals surface area contributed by atoms with E-state index < -0.39 is 35.2 Å². The van der Waals surface area contributed by atoms with Gasteiger partial charge in [-0.15, -0.1) is 0 Å². The van der Waals surface area contributed by atoms with Gasteiger partial charge in [0.2, 0.25) is 0 Å². The van der Waals surface area contributed by atoms with Crippen LogP contribution >= 0.6 is 11.6 Å². The Morgan fingerprint density at radius 2 is 1.95 bits per heavy atom. The lowest BCUT2D eigenvalue weighted by Crippen LogP contribution is -2.46. The number of hydrogen-bond acceptors (Lipinski definition) is 3. The number of aliphatic hydroxyl groups is 1. The highest BCUT2D eigenvalue weighted by Crippen LogP contribution is 2.23. The summed E-state index contributed by atoms with van der Waals surface area (Å²) in [5.41, 5.74) is -0.727. The molecule has 0 saturated carbocycles. The maximum atomic E-state index is 13.5. The Morgan fingerprint density at radius 3 is 2.52 bits per heavy atom. The molecule has 1 atom stereocenters. The lowest BCUT2D eigenvalue weighted by Gasteiger charge is -2.29. The number of amides is 2. The summed E-state index contributed by atoms with van der Waals surface area (Å²) in [6.45, 7) is 0.340. The van der Waals surface area contributed by atoms with Gasteiger partial charge in [-0.25, -0.2) is 8.78 Å². The zero-order valence-corrected chi connectivity index (χ0v) is 11.7. The highest BCUT2D eigenvalue weighted by molar-refractivity contribution is 6.39. The van der Waals surface area contributed by atoms with Gasteiger partial charge < -0.3 is 15.3 Å². The number of nitrogens with one attached hydrogen (secondary N) is 1. The van der Waals surface area contributed by atoms with Crippen LogP contribution in [0, 0.1) is 11.6 Å². The van der Waals surface area contributed by atoms with Crippen LogP contribution in [-0.2, 0) is 9.59 Å². The van der Waals surface area contributed by atoms with Gasteiger partial charge >= 0.3 is 11.8 Å². The predicted octanol–water partition coefficient (Wildman–Crippen LogP) is 1.54. The molecule has 5 nitrogen and oxygen atoms in total. The smallest absolute Gasteiger partial charge is 0.314 e. The van der Waals surface area contributed by atoms with Crippen LogP contribution in [0.1, 0.15) is 12.8 Å².